The van der Waals surface area contributed by atoms with Crippen LogP contribution in [0.25, 0.3) is 0 Å². The van der Waals surface area contributed by atoms with E-state index in [1.54, 1.807) is 25.7 Å². The van der Waals surface area contributed by atoms with E-state index in [2.05, 4.69) is 0 Å². The van der Waals surface area contributed by atoms with Gasteiger partial charge in [-0.3, -0.25) is 10.1 Å². The average Bonchev–Trinajstić information content (AvgIpc) is 2.72. The van der Waals surface area contributed by atoms with Crippen LogP contribution in [0.3, 0.4) is 0 Å². The van der Waals surface area contributed by atoms with E-state index in [-0.39, 0.29) is 9.92 Å². The lowest BCUT2D eigenvalue weighted by Crippen LogP contribution is -2.50. The minimum atomic E-state index is -4.14. The third-order valence-electron chi connectivity index (χ3n) is 4.83. The van der Waals surface area contributed by atoms with Gasteiger partial charge >= 0.3 is 6.09 Å². The summed E-state index contributed by atoms with van der Waals surface area (Å²) in [5, 5.41) is 11.9. The van der Waals surface area contributed by atoms with Crippen LogP contribution in [0.15, 0.2) is 52.3 Å². The van der Waals surface area contributed by atoms with Crippen molar-refractivity contribution in [3.05, 3.63) is 57.6 Å². The van der Waals surface area contributed by atoms with E-state index >= 15 is 0 Å². The second kappa shape index (κ2) is 8.95. The summed E-state index contributed by atoms with van der Waals surface area (Å²) in [5.74, 6) is 0. The van der Waals surface area contributed by atoms with Gasteiger partial charge in [-0.25, -0.2) is 13.2 Å². The summed E-state index contributed by atoms with van der Waals surface area (Å²) < 4.78 is 31.4. The van der Waals surface area contributed by atoms with Crippen LogP contribution in [0.5, 0.6) is 0 Å². The molecule has 0 atom stereocenters. The number of piperazine rings is 1. The lowest BCUT2D eigenvalue weighted by Gasteiger charge is -2.36. The van der Waals surface area contributed by atoms with E-state index in [0.717, 1.165) is 0 Å². The Kier molecular flexibility index (Phi) is 6.66. The molecule has 1 aliphatic heterocycles. The summed E-state index contributed by atoms with van der Waals surface area (Å²) in [6.45, 7) is 6.99. The van der Waals surface area contributed by atoms with E-state index < -0.39 is 37.0 Å². The van der Waals surface area contributed by atoms with Crippen LogP contribution >= 0.6 is 11.6 Å². The highest BCUT2D eigenvalue weighted by Crippen LogP contribution is 2.34. The van der Waals surface area contributed by atoms with Crippen molar-refractivity contribution in [2.75, 3.05) is 31.1 Å². The molecule has 0 bridgehead atoms. The van der Waals surface area contributed by atoms with Gasteiger partial charge in [0.05, 0.1) is 9.82 Å². The number of hydrogen-bond donors (Lipinski definition) is 0. The average molecular weight is 482 g/mol. The molecule has 1 amide bonds. The zero-order chi connectivity index (χ0) is 23.7. The Labute approximate surface area is 191 Å². The number of nitrogens with zero attached hydrogens (tertiary/aromatic N) is 3. The quantitative estimate of drug-likeness (QED) is 0.476. The zero-order valence-corrected chi connectivity index (χ0v) is 19.5. The van der Waals surface area contributed by atoms with Crippen LogP contribution in [-0.4, -0.2) is 56.1 Å². The van der Waals surface area contributed by atoms with Crippen molar-refractivity contribution < 1.29 is 22.9 Å². The van der Waals surface area contributed by atoms with Crippen molar-refractivity contribution in [1.82, 2.24) is 4.90 Å². The highest BCUT2D eigenvalue weighted by atomic mass is 35.5. The SMILES string of the molecule is CC(C)(C)OC(=O)N1CCN(c2ccc(S(=O)(=O)c3cccc(Cl)c3)c([N+](=O)[O-])c2)CC1. The summed E-state index contributed by atoms with van der Waals surface area (Å²) in [4.78, 5) is 26.1. The van der Waals surface area contributed by atoms with Crippen molar-refractivity contribution in [1.29, 1.82) is 0 Å². The minimum absolute atomic E-state index is 0.119. The molecule has 1 heterocycles. The highest BCUT2D eigenvalue weighted by molar-refractivity contribution is 7.91. The molecule has 0 N–H and O–H groups in total. The number of sulfone groups is 1. The first-order valence-corrected chi connectivity index (χ1v) is 11.8. The van der Waals surface area contributed by atoms with Gasteiger partial charge in [-0.2, -0.15) is 0 Å². The first-order valence-electron chi connectivity index (χ1n) is 9.90. The molecule has 2 aromatic rings. The van der Waals surface area contributed by atoms with E-state index in [1.165, 1.54) is 42.5 Å². The Hall–Kier alpha value is -2.85. The fourth-order valence-electron chi connectivity index (χ4n) is 3.31. The Balaban J connectivity index is 1.83. The number of halogens is 1. The summed E-state index contributed by atoms with van der Waals surface area (Å²) in [6, 6.07) is 9.62. The number of benzene rings is 2. The monoisotopic (exact) mass is 481 g/mol. The van der Waals surface area contributed by atoms with Gasteiger partial charge in [0.1, 0.15) is 10.5 Å². The van der Waals surface area contributed by atoms with Crippen LogP contribution in [0.2, 0.25) is 5.02 Å². The molecule has 0 radical (unpaired) electrons. The number of carbonyl (C=O) groups is 1. The molecule has 1 saturated heterocycles. The Morgan fingerprint density at radius 1 is 1.09 bits per heavy atom. The number of nitro groups is 1. The molecule has 0 unspecified atom stereocenters. The Morgan fingerprint density at radius 3 is 2.31 bits per heavy atom. The van der Waals surface area contributed by atoms with Gasteiger partial charge in [0, 0.05) is 43.0 Å². The maximum Gasteiger partial charge on any atom is 0.410 e. The first kappa shape index (κ1) is 23.8. The summed E-state index contributed by atoms with van der Waals surface area (Å²) in [6.07, 6.45) is -0.411. The van der Waals surface area contributed by atoms with Crippen LogP contribution in [-0.2, 0) is 14.6 Å². The van der Waals surface area contributed by atoms with Crippen LogP contribution < -0.4 is 4.90 Å². The highest BCUT2D eigenvalue weighted by Gasteiger charge is 2.30. The summed E-state index contributed by atoms with van der Waals surface area (Å²) >= 11 is 5.89. The molecule has 11 heteroatoms. The van der Waals surface area contributed by atoms with Gasteiger partial charge in [-0.1, -0.05) is 17.7 Å². The van der Waals surface area contributed by atoms with Gasteiger partial charge in [0.15, 0.2) is 0 Å². The third kappa shape index (κ3) is 5.31. The predicted octanol–water partition coefficient (Wildman–Crippen LogP) is 4.14. The number of nitro benzene ring substituents is 1. The van der Waals surface area contributed by atoms with Gasteiger partial charge in [-0.05, 0) is 51.1 Å². The maximum absolute atomic E-state index is 13.0. The standard InChI is InChI=1S/C21H24ClN3O6S/c1-21(2,3)31-20(26)24-11-9-23(10-12-24)16-7-8-19(18(14-16)25(27)28)32(29,30)17-6-4-5-15(22)13-17/h4-8,13-14H,9-12H2,1-3H3. The second-order valence-electron chi connectivity index (χ2n) is 8.32. The summed E-state index contributed by atoms with van der Waals surface area (Å²) in [5.41, 5.74) is -0.610. The summed E-state index contributed by atoms with van der Waals surface area (Å²) in [7, 11) is -4.14. The van der Waals surface area contributed by atoms with Crippen molar-refractivity contribution >= 4 is 38.9 Å². The Bertz CT molecular complexity index is 1140. The molecule has 0 spiro atoms. The normalized spacial score (nSPS) is 14.9. The zero-order valence-electron chi connectivity index (χ0n) is 17.9. The van der Waals surface area contributed by atoms with Crippen molar-refractivity contribution in [2.24, 2.45) is 0 Å². The first-order chi connectivity index (χ1) is 14.9. The van der Waals surface area contributed by atoms with E-state index in [4.69, 9.17) is 16.3 Å². The van der Waals surface area contributed by atoms with Crippen LogP contribution in [0.1, 0.15) is 20.8 Å². The topological polar surface area (TPSA) is 110 Å². The second-order valence-corrected chi connectivity index (χ2v) is 10.7. The molecular formula is C21H24ClN3O6S. The molecule has 1 aliphatic rings. The number of ether oxygens (including phenoxy) is 1. The predicted molar refractivity (Wildman–Crippen MR) is 120 cm³/mol. The number of amides is 1. The van der Waals surface area contributed by atoms with E-state index in [9.17, 15) is 23.3 Å². The molecule has 172 valence electrons. The smallest absolute Gasteiger partial charge is 0.410 e. The molecule has 2 aromatic carbocycles. The molecule has 0 saturated carbocycles. The van der Waals surface area contributed by atoms with Crippen LogP contribution in [0.4, 0.5) is 16.2 Å². The molecule has 9 nitrogen and oxygen atoms in total. The molecule has 0 aliphatic carbocycles. The Morgan fingerprint density at radius 2 is 1.75 bits per heavy atom. The molecule has 32 heavy (non-hydrogen) atoms. The lowest BCUT2D eigenvalue weighted by molar-refractivity contribution is -0.387. The maximum atomic E-state index is 13.0. The largest absolute Gasteiger partial charge is 0.444 e. The van der Waals surface area contributed by atoms with Gasteiger partial charge in [0.2, 0.25) is 9.84 Å². The number of anilines is 1. The minimum Gasteiger partial charge on any atom is -0.444 e. The molecular weight excluding hydrogens is 458 g/mol. The number of carbonyl (C=O) groups excluding carboxylic acids is 1. The number of hydrogen-bond acceptors (Lipinski definition) is 7. The van der Waals surface area contributed by atoms with E-state index in [1.807, 2.05) is 4.90 Å². The third-order valence-corrected chi connectivity index (χ3v) is 6.87. The fraction of sp³-hybridized carbons (Fsp3) is 0.381. The van der Waals surface area contributed by atoms with Crippen molar-refractivity contribution in [3.8, 4) is 0 Å². The van der Waals surface area contributed by atoms with Gasteiger partial charge in [-0.15, -0.1) is 0 Å². The lowest BCUT2D eigenvalue weighted by atomic mass is 10.2. The van der Waals surface area contributed by atoms with E-state index in [0.29, 0.717) is 31.9 Å². The van der Waals surface area contributed by atoms with Crippen molar-refractivity contribution in [3.63, 3.8) is 0 Å². The van der Waals surface area contributed by atoms with Gasteiger partial charge in [0.25, 0.3) is 5.69 Å². The van der Waals surface area contributed by atoms with Crippen molar-refractivity contribution in [2.45, 2.75) is 36.2 Å². The number of rotatable bonds is 4. The van der Waals surface area contributed by atoms with Gasteiger partial charge < -0.3 is 14.5 Å². The fourth-order valence-corrected chi connectivity index (χ4v) is 5.01. The molecule has 1 fully saturated rings. The molecule has 0 aromatic heterocycles. The van der Waals surface area contributed by atoms with Crippen LogP contribution in [0, 0.1) is 10.1 Å². The molecule has 3 rings (SSSR count).